The predicted octanol–water partition coefficient (Wildman–Crippen LogP) is 3.22. The van der Waals surface area contributed by atoms with Gasteiger partial charge < -0.3 is 10.1 Å². The zero-order chi connectivity index (χ0) is 13.1. The van der Waals surface area contributed by atoms with Gasteiger partial charge in [-0.1, -0.05) is 13.8 Å². The lowest BCUT2D eigenvalue weighted by atomic mass is 10.2. The normalized spacial score (nSPS) is 11.9. The van der Waals surface area contributed by atoms with Crippen LogP contribution in [-0.4, -0.2) is 12.4 Å². The third kappa shape index (κ3) is 5.04. The van der Waals surface area contributed by atoms with Crippen LogP contribution in [0.3, 0.4) is 0 Å². The van der Waals surface area contributed by atoms with Gasteiger partial charge in [0.1, 0.15) is 11.6 Å². The highest BCUT2D eigenvalue weighted by Crippen LogP contribution is 2.27. The molecule has 0 amide bonds. The van der Waals surface area contributed by atoms with Crippen molar-refractivity contribution in [2.24, 2.45) is 0 Å². The van der Waals surface area contributed by atoms with Crippen molar-refractivity contribution in [1.29, 1.82) is 0 Å². The first kappa shape index (κ1) is 13.8. The molecule has 0 bridgehead atoms. The maximum Gasteiger partial charge on any atom is 0.573 e. The van der Waals surface area contributed by atoms with E-state index in [-0.39, 0.29) is 23.9 Å². The van der Waals surface area contributed by atoms with Gasteiger partial charge in [-0.2, -0.15) is 0 Å². The first-order chi connectivity index (χ1) is 7.78. The van der Waals surface area contributed by atoms with E-state index in [1.807, 2.05) is 13.8 Å². The number of benzene rings is 1. The second-order valence-corrected chi connectivity index (χ2v) is 3.84. The predicted molar refractivity (Wildman–Crippen MR) is 55.1 cm³/mol. The van der Waals surface area contributed by atoms with Crippen LogP contribution in [0.1, 0.15) is 19.4 Å². The molecule has 0 saturated carbocycles. The van der Waals surface area contributed by atoms with E-state index in [9.17, 15) is 17.6 Å². The third-order valence-corrected chi connectivity index (χ3v) is 1.95. The highest BCUT2D eigenvalue weighted by molar-refractivity contribution is 5.34. The number of hydrogen-bond acceptors (Lipinski definition) is 2. The van der Waals surface area contributed by atoms with E-state index >= 15 is 0 Å². The SMILES string of the molecule is CC(C)NCc1cc(F)ccc1OC(F)(F)F. The summed E-state index contributed by atoms with van der Waals surface area (Å²) in [6, 6.07) is 3.01. The van der Waals surface area contributed by atoms with Crippen molar-refractivity contribution in [3.8, 4) is 5.75 Å². The highest BCUT2D eigenvalue weighted by atomic mass is 19.4. The first-order valence-electron chi connectivity index (χ1n) is 5.05. The number of alkyl halides is 3. The molecule has 0 fully saturated rings. The van der Waals surface area contributed by atoms with Crippen LogP contribution in [0.4, 0.5) is 17.6 Å². The van der Waals surface area contributed by atoms with Gasteiger partial charge in [0.2, 0.25) is 0 Å². The van der Waals surface area contributed by atoms with Gasteiger partial charge in [-0.15, -0.1) is 13.2 Å². The highest BCUT2D eigenvalue weighted by Gasteiger charge is 2.32. The summed E-state index contributed by atoms with van der Waals surface area (Å²) in [5, 5.41) is 2.90. The number of ether oxygens (including phenoxy) is 1. The van der Waals surface area contributed by atoms with Crippen molar-refractivity contribution in [2.75, 3.05) is 0 Å². The minimum Gasteiger partial charge on any atom is -0.405 e. The second-order valence-electron chi connectivity index (χ2n) is 3.84. The summed E-state index contributed by atoms with van der Waals surface area (Å²) in [6.45, 7) is 3.79. The molecule has 96 valence electrons. The number of rotatable bonds is 4. The van der Waals surface area contributed by atoms with Crippen LogP contribution in [0, 0.1) is 5.82 Å². The maximum absolute atomic E-state index is 12.9. The Morgan fingerprint density at radius 1 is 1.29 bits per heavy atom. The van der Waals surface area contributed by atoms with E-state index in [4.69, 9.17) is 0 Å². The Morgan fingerprint density at radius 2 is 1.94 bits per heavy atom. The average Bonchev–Trinajstić information content (AvgIpc) is 2.16. The zero-order valence-electron chi connectivity index (χ0n) is 9.44. The minimum atomic E-state index is -4.77. The molecule has 0 atom stereocenters. The Kier molecular flexibility index (Phi) is 4.34. The largest absolute Gasteiger partial charge is 0.573 e. The van der Waals surface area contributed by atoms with E-state index in [0.29, 0.717) is 0 Å². The molecule has 0 heterocycles. The van der Waals surface area contributed by atoms with Gasteiger partial charge in [0.05, 0.1) is 0 Å². The fourth-order valence-corrected chi connectivity index (χ4v) is 1.22. The van der Waals surface area contributed by atoms with Crippen LogP contribution < -0.4 is 10.1 Å². The van der Waals surface area contributed by atoms with Crippen LogP contribution in [0.5, 0.6) is 5.75 Å². The lowest BCUT2D eigenvalue weighted by Gasteiger charge is -2.15. The molecule has 1 N–H and O–H groups in total. The summed E-state index contributed by atoms with van der Waals surface area (Å²) in [5.41, 5.74) is 0.135. The summed E-state index contributed by atoms with van der Waals surface area (Å²) in [4.78, 5) is 0. The minimum absolute atomic E-state index is 0.0806. The third-order valence-electron chi connectivity index (χ3n) is 1.95. The van der Waals surface area contributed by atoms with Gasteiger partial charge in [-0.25, -0.2) is 4.39 Å². The average molecular weight is 251 g/mol. The maximum atomic E-state index is 12.9. The molecule has 0 aliphatic rings. The molecule has 2 nitrogen and oxygen atoms in total. The number of halogens is 4. The van der Waals surface area contributed by atoms with Gasteiger partial charge in [-0.05, 0) is 18.2 Å². The zero-order valence-corrected chi connectivity index (χ0v) is 9.44. The van der Waals surface area contributed by atoms with Crippen LogP contribution in [-0.2, 0) is 6.54 Å². The van der Waals surface area contributed by atoms with Crippen molar-refractivity contribution in [1.82, 2.24) is 5.32 Å². The van der Waals surface area contributed by atoms with E-state index < -0.39 is 12.2 Å². The summed E-state index contributed by atoms with van der Waals surface area (Å²) in [6.07, 6.45) is -4.77. The Hall–Kier alpha value is -1.30. The molecule has 0 aromatic heterocycles. The summed E-state index contributed by atoms with van der Waals surface area (Å²) in [7, 11) is 0. The lowest BCUT2D eigenvalue weighted by molar-refractivity contribution is -0.274. The molecule has 6 heteroatoms. The van der Waals surface area contributed by atoms with Crippen LogP contribution in [0.25, 0.3) is 0 Å². The fraction of sp³-hybridized carbons (Fsp3) is 0.455. The second kappa shape index (κ2) is 5.35. The van der Waals surface area contributed by atoms with Crippen molar-refractivity contribution in [2.45, 2.75) is 32.8 Å². The Balaban J connectivity index is 2.87. The molecular formula is C11H13F4NO. The number of nitrogens with one attached hydrogen (secondary N) is 1. The topological polar surface area (TPSA) is 21.3 Å². The molecule has 0 unspecified atom stereocenters. The number of hydrogen-bond donors (Lipinski definition) is 1. The van der Waals surface area contributed by atoms with Crippen molar-refractivity contribution < 1.29 is 22.3 Å². The molecule has 0 radical (unpaired) electrons. The summed E-state index contributed by atoms with van der Waals surface area (Å²) >= 11 is 0. The van der Waals surface area contributed by atoms with Crippen LogP contribution in [0.2, 0.25) is 0 Å². The molecule has 0 spiro atoms. The van der Waals surface area contributed by atoms with Crippen LogP contribution >= 0.6 is 0 Å². The van der Waals surface area contributed by atoms with Crippen molar-refractivity contribution in [3.63, 3.8) is 0 Å². The van der Waals surface area contributed by atoms with Crippen molar-refractivity contribution >= 4 is 0 Å². The molecule has 1 aromatic rings. The van der Waals surface area contributed by atoms with E-state index in [1.165, 1.54) is 0 Å². The summed E-state index contributed by atoms with van der Waals surface area (Å²) in [5.74, 6) is -0.980. The van der Waals surface area contributed by atoms with E-state index in [1.54, 1.807) is 0 Å². The van der Waals surface area contributed by atoms with Crippen molar-refractivity contribution in [3.05, 3.63) is 29.6 Å². The molecule has 0 aliphatic carbocycles. The monoisotopic (exact) mass is 251 g/mol. The Labute approximate surface area is 96.6 Å². The Bertz CT molecular complexity index is 376. The Morgan fingerprint density at radius 3 is 2.47 bits per heavy atom. The van der Waals surface area contributed by atoms with E-state index in [2.05, 4.69) is 10.1 Å². The lowest BCUT2D eigenvalue weighted by Crippen LogP contribution is -2.24. The van der Waals surface area contributed by atoms with Gasteiger partial charge >= 0.3 is 6.36 Å². The van der Waals surface area contributed by atoms with Crippen LogP contribution in [0.15, 0.2) is 18.2 Å². The van der Waals surface area contributed by atoms with Gasteiger partial charge in [0.15, 0.2) is 0 Å². The standard InChI is InChI=1S/C11H13F4NO/c1-7(2)16-6-8-5-9(12)3-4-10(8)17-11(13,14)15/h3-5,7,16H,6H2,1-2H3. The fourth-order valence-electron chi connectivity index (χ4n) is 1.22. The van der Waals surface area contributed by atoms with E-state index in [0.717, 1.165) is 18.2 Å². The quantitative estimate of drug-likeness (QED) is 0.829. The molecule has 1 aromatic carbocycles. The molecule has 1 rings (SSSR count). The van der Waals surface area contributed by atoms with Gasteiger partial charge in [-0.3, -0.25) is 0 Å². The van der Waals surface area contributed by atoms with Gasteiger partial charge in [0, 0.05) is 18.2 Å². The first-order valence-corrected chi connectivity index (χ1v) is 5.05. The molecule has 17 heavy (non-hydrogen) atoms. The van der Waals surface area contributed by atoms with Gasteiger partial charge in [0.25, 0.3) is 0 Å². The molecule has 0 aliphatic heterocycles. The summed E-state index contributed by atoms with van der Waals surface area (Å²) < 4.78 is 53.0. The molecule has 0 saturated heterocycles. The molecular weight excluding hydrogens is 238 g/mol. The smallest absolute Gasteiger partial charge is 0.405 e.